The summed E-state index contributed by atoms with van der Waals surface area (Å²) in [6, 6.07) is 4.94. The number of halogens is 2. The number of aliphatic carboxylic acids is 1. The number of thioether (sulfide) groups is 1. The Hall–Kier alpha value is -2.57. The molecule has 1 aliphatic heterocycles. The maximum atomic E-state index is 14.0. The lowest BCUT2D eigenvalue weighted by Gasteiger charge is -2.13. The SMILES string of the molecule is O=C(O)CCCN1C(=O)C(=Cc2cccn2S(=O)(=O)c2ccc(F)cc2F)SC1=S. The van der Waals surface area contributed by atoms with Crippen molar-refractivity contribution < 1.29 is 31.9 Å². The summed E-state index contributed by atoms with van der Waals surface area (Å²) in [5.74, 6) is -3.62. The second-order valence-electron chi connectivity index (χ2n) is 6.14. The number of benzene rings is 1. The van der Waals surface area contributed by atoms with Crippen molar-refractivity contribution in [2.24, 2.45) is 0 Å². The first-order valence-electron chi connectivity index (χ1n) is 8.46. The van der Waals surface area contributed by atoms with Crippen LogP contribution in [-0.2, 0) is 19.6 Å². The van der Waals surface area contributed by atoms with Gasteiger partial charge >= 0.3 is 5.97 Å². The van der Waals surface area contributed by atoms with Gasteiger partial charge < -0.3 is 5.11 Å². The zero-order valence-corrected chi connectivity index (χ0v) is 17.6. The number of hydrogen-bond donors (Lipinski definition) is 1. The maximum absolute atomic E-state index is 14.0. The van der Waals surface area contributed by atoms with Gasteiger partial charge in [0.2, 0.25) is 0 Å². The van der Waals surface area contributed by atoms with E-state index in [-0.39, 0.29) is 34.3 Å². The number of carboxylic acids is 1. The normalized spacial score (nSPS) is 15.9. The van der Waals surface area contributed by atoms with Gasteiger partial charge in [0.25, 0.3) is 15.9 Å². The van der Waals surface area contributed by atoms with Crippen molar-refractivity contribution in [3.63, 3.8) is 0 Å². The highest BCUT2D eigenvalue weighted by molar-refractivity contribution is 8.26. The van der Waals surface area contributed by atoms with Crippen molar-refractivity contribution in [1.29, 1.82) is 0 Å². The summed E-state index contributed by atoms with van der Waals surface area (Å²) in [5.41, 5.74) is 0.0739. The highest BCUT2D eigenvalue weighted by atomic mass is 32.2. The van der Waals surface area contributed by atoms with Gasteiger partial charge in [-0.05, 0) is 36.8 Å². The number of amides is 1. The molecular formula is C18H14F2N2O5S3. The van der Waals surface area contributed by atoms with E-state index in [0.29, 0.717) is 6.07 Å². The molecule has 0 aliphatic carbocycles. The fraction of sp³-hybridized carbons (Fsp3) is 0.167. The molecule has 7 nitrogen and oxygen atoms in total. The maximum Gasteiger partial charge on any atom is 0.303 e. The summed E-state index contributed by atoms with van der Waals surface area (Å²) in [6.07, 6.45) is 2.57. The third-order valence-corrected chi connectivity index (χ3v) is 7.21. The van der Waals surface area contributed by atoms with Crippen LogP contribution >= 0.6 is 24.0 Å². The molecule has 0 unspecified atom stereocenters. The topological polar surface area (TPSA) is 96.7 Å². The van der Waals surface area contributed by atoms with Crippen molar-refractivity contribution in [1.82, 2.24) is 8.87 Å². The average Bonchev–Trinajstić information content (AvgIpc) is 3.21. The molecule has 2 heterocycles. The number of rotatable bonds is 7. The lowest BCUT2D eigenvalue weighted by Crippen LogP contribution is -2.29. The first-order valence-corrected chi connectivity index (χ1v) is 11.1. The van der Waals surface area contributed by atoms with Crippen molar-refractivity contribution in [2.75, 3.05) is 6.54 Å². The number of nitrogens with zero attached hydrogens (tertiary/aromatic N) is 2. The highest BCUT2D eigenvalue weighted by Crippen LogP contribution is 2.33. The van der Waals surface area contributed by atoms with Crippen LogP contribution in [0.5, 0.6) is 0 Å². The van der Waals surface area contributed by atoms with Crippen molar-refractivity contribution >= 4 is 56.3 Å². The van der Waals surface area contributed by atoms with E-state index >= 15 is 0 Å². The van der Waals surface area contributed by atoms with Crippen LogP contribution in [0.2, 0.25) is 0 Å². The van der Waals surface area contributed by atoms with Crippen LogP contribution in [0, 0.1) is 11.6 Å². The lowest BCUT2D eigenvalue weighted by molar-refractivity contribution is -0.137. The molecule has 2 aromatic rings. The fourth-order valence-corrected chi connectivity index (χ4v) is 5.39. The smallest absolute Gasteiger partial charge is 0.303 e. The molecule has 158 valence electrons. The number of thiocarbonyl (C=S) groups is 1. The zero-order chi connectivity index (χ0) is 22.1. The van der Waals surface area contributed by atoms with Crippen LogP contribution < -0.4 is 0 Å². The molecule has 30 heavy (non-hydrogen) atoms. The summed E-state index contributed by atoms with van der Waals surface area (Å²) < 4.78 is 53.8. The molecule has 12 heteroatoms. The molecule has 0 spiro atoms. The Morgan fingerprint density at radius 2 is 2.00 bits per heavy atom. The minimum atomic E-state index is -4.39. The molecule has 1 amide bonds. The quantitative estimate of drug-likeness (QED) is 0.489. The van der Waals surface area contributed by atoms with Gasteiger partial charge in [0.15, 0.2) is 0 Å². The van der Waals surface area contributed by atoms with Gasteiger partial charge in [-0.2, -0.15) is 0 Å². The van der Waals surface area contributed by atoms with Crippen LogP contribution in [0.1, 0.15) is 18.5 Å². The van der Waals surface area contributed by atoms with Crippen molar-refractivity contribution in [2.45, 2.75) is 17.7 Å². The number of carbonyl (C=O) groups excluding carboxylic acids is 1. The molecule has 1 saturated heterocycles. The van der Waals surface area contributed by atoms with E-state index in [2.05, 4.69) is 0 Å². The Balaban J connectivity index is 1.90. The second kappa shape index (κ2) is 8.66. The van der Waals surface area contributed by atoms with Crippen LogP contribution in [0.25, 0.3) is 6.08 Å². The molecule has 1 aromatic carbocycles. The molecule has 1 fully saturated rings. The van der Waals surface area contributed by atoms with E-state index in [9.17, 15) is 26.8 Å². The third-order valence-electron chi connectivity index (χ3n) is 4.10. The minimum Gasteiger partial charge on any atom is -0.481 e. The predicted octanol–water partition coefficient (Wildman–Crippen LogP) is 3.07. The van der Waals surface area contributed by atoms with Gasteiger partial charge in [-0.25, -0.2) is 21.2 Å². The van der Waals surface area contributed by atoms with E-state index in [1.54, 1.807) is 0 Å². The van der Waals surface area contributed by atoms with Crippen molar-refractivity contribution in [3.8, 4) is 0 Å². The standard InChI is InChI=1S/C18H14F2N2O5S3/c19-11-5-6-15(13(20)9-11)30(26,27)22-8-1-3-12(22)10-14-17(25)21(18(28)29-14)7-2-4-16(23)24/h1,3,5-6,8-10H,2,4,7H2,(H,23,24). The highest BCUT2D eigenvalue weighted by Gasteiger charge is 2.32. The Morgan fingerprint density at radius 3 is 2.67 bits per heavy atom. The molecule has 0 bridgehead atoms. The number of carboxylic acid groups (broad SMARTS) is 1. The predicted molar refractivity (Wildman–Crippen MR) is 110 cm³/mol. The van der Waals surface area contributed by atoms with Crippen LogP contribution in [-0.4, -0.2) is 45.1 Å². The first kappa shape index (κ1) is 22.1. The lowest BCUT2D eigenvalue weighted by atomic mass is 10.3. The zero-order valence-electron chi connectivity index (χ0n) is 15.1. The summed E-state index contributed by atoms with van der Waals surface area (Å²) in [7, 11) is -4.39. The largest absolute Gasteiger partial charge is 0.481 e. The molecule has 1 aliphatic rings. The Kier molecular flexibility index (Phi) is 6.38. The molecule has 3 rings (SSSR count). The van der Waals surface area contributed by atoms with Gasteiger partial charge in [-0.15, -0.1) is 0 Å². The Labute approximate surface area is 180 Å². The molecule has 0 radical (unpaired) electrons. The number of aromatic nitrogens is 1. The Morgan fingerprint density at radius 1 is 1.27 bits per heavy atom. The van der Waals surface area contributed by atoms with Gasteiger partial charge in [-0.1, -0.05) is 24.0 Å². The van der Waals surface area contributed by atoms with Gasteiger partial charge in [-0.3, -0.25) is 14.5 Å². The number of carbonyl (C=O) groups is 2. The fourth-order valence-electron chi connectivity index (χ4n) is 2.72. The molecule has 0 atom stereocenters. The second-order valence-corrected chi connectivity index (χ2v) is 9.60. The first-order chi connectivity index (χ1) is 14.1. The van der Waals surface area contributed by atoms with E-state index in [4.69, 9.17) is 17.3 Å². The minimum absolute atomic E-state index is 0.0739. The van der Waals surface area contributed by atoms with E-state index in [1.807, 2.05) is 0 Å². The summed E-state index contributed by atoms with van der Waals surface area (Å²) in [5, 5.41) is 8.72. The molecule has 1 aromatic heterocycles. The monoisotopic (exact) mass is 472 g/mol. The van der Waals surface area contributed by atoms with Gasteiger partial charge in [0.05, 0.1) is 10.6 Å². The Bertz CT molecular complexity index is 1170. The van der Waals surface area contributed by atoms with E-state index < -0.39 is 38.4 Å². The van der Waals surface area contributed by atoms with Crippen LogP contribution in [0.4, 0.5) is 8.78 Å². The third kappa shape index (κ3) is 4.45. The van der Waals surface area contributed by atoms with Gasteiger partial charge in [0.1, 0.15) is 20.9 Å². The molecule has 1 N–H and O–H groups in total. The average molecular weight is 473 g/mol. The van der Waals surface area contributed by atoms with Crippen LogP contribution in [0.15, 0.2) is 46.3 Å². The molecular weight excluding hydrogens is 458 g/mol. The van der Waals surface area contributed by atoms with Crippen molar-refractivity contribution in [3.05, 3.63) is 58.8 Å². The van der Waals surface area contributed by atoms with E-state index in [0.717, 1.165) is 27.9 Å². The van der Waals surface area contributed by atoms with E-state index in [1.165, 1.54) is 29.3 Å². The van der Waals surface area contributed by atoms with Crippen LogP contribution in [0.3, 0.4) is 0 Å². The summed E-state index contributed by atoms with van der Waals surface area (Å²) in [6.45, 7) is 0.119. The number of hydrogen-bond acceptors (Lipinski definition) is 6. The van der Waals surface area contributed by atoms with Gasteiger partial charge in [0, 0.05) is 25.2 Å². The summed E-state index contributed by atoms with van der Waals surface area (Å²) in [4.78, 5) is 23.9. The summed E-state index contributed by atoms with van der Waals surface area (Å²) >= 11 is 6.10. The molecule has 0 saturated carbocycles.